The van der Waals surface area contributed by atoms with Gasteiger partial charge >= 0.3 is 0 Å². The molecule has 0 saturated carbocycles. The van der Waals surface area contributed by atoms with E-state index in [1.165, 1.54) is 17.2 Å². The highest BCUT2D eigenvalue weighted by atomic mass is 19.1. The summed E-state index contributed by atoms with van der Waals surface area (Å²) in [6.07, 6.45) is 1.69. The van der Waals surface area contributed by atoms with E-state index < -0.39 is 0 Å². The number of halogens is 1. The molecule has 1 aliphatic heterocycles. The fraction of sp³-hybridized carbons (Fsp3) is 0.231. The molecule has 158 valence electrons. The number of aromatic amines is 1. The molecule has 4 nitrogen and oxygen atoms in total. The van der Waals surface area contributed by atoms with Crippen molar-refractivity contribution in [2.24, 2.45) is 0 Å². The lowest BCUT2D eigenvalue weighted by atomic mass is 9.94. The van der Waals surface area contributed by atoms with Crippen molar-refractivity contribution in [1.82, 2.24) is 10.3 Å². The fourth-order valence-corrected chi connectivity index (χ4v) is 4.34. The monoisotopic (exact) mass is 416 g/mol. The number of H-pyrrole nitrogens is 1. The van der Waals surface area contributed by atoms with Crippen LogP contribution in [-0.4, -0.2) is 18.1 Å². The number of hydrogen-bond acceptors (Lipinski definition) is 3. The third-order valence-corrected chi connectivity index (χ3v) is 5.74. The first-order chi connectivity index (χ1) is 15.2. The van der Waals surface area contributed by atoms with Crippen molar-refractivity contribution < 1.29 is 13.9 Å². The molecule has 2 N–H and O–H groups in total. The van der Waals surface area contributed by atoms with Crippen molar-refractivity contribution >= 4 is 10.9 Å². The summed E-state index contributed by atoms with van der Waals surface area (Å²) in [7, 11) is 0. The van der Waals surface area contributed by atoms with E-state index in [0.717, 1.165) is 41.7 Å². The van der Waals surface area contributed by atoms with Crippen LogP contribution in [0.25, 0.3) is 10.9 Å². The Kier molecular flexibility index (Phi) is 5.35. The average Bonchev–Trinajstić information content (AvgIpc) is 3.16. The predicted octanol–water partition coefficient (Wildman–Crippen LogP) is 5.93. The van der Waals surface area contributed by atoms with Crippen molar-refractivity contribution in [2.75, 3.05) is 13.2 Å². The molecule has 5 rings (SSSR count). The molecule has 1 aliphatic rings. The maximum Gasteiger partial charge on any atom is 0.154 e. The van der Waals surface area contributed by atoms with Crippen molar-refractivity contribution in [3.8, 4) is 17.2 Å². The predicted molar refractivity (Wildman–Crippen MR) is 121 cm³/mol. The molecule has 0 spiro atoms. The summed E-state index contributed by atoms with van der Waals surface area (Å²) in [5.74, 6) is 1.79. The molecule has 0 amide bonds. The molecular weight excluding hydrogens is 391 g/mol. The first-order valence-corrected chi connectivity index (χ1v) is 10.7. The van der Waals surface area contributed by atoms with Crippen molar-refractivity contribution in [2.45, 2.75) is 25.8 Å². The minimum atomic E-state index is -0.290. The Balaban J connectivity index is 1.49. The summed E-state index contributed by atoms with van der Waals surface area (Å²) < 4.78 is 26.1. The molecule has 1 unspecified atom stereocenters. The van der Waals surface area contributed by atoms with Crippen LogP contribution in [0.3, 0.4) is 0 Å². The highest BCUT2D eigenvalue weighted by molar-refractivity contribution is 5.90. The molecule has 0 bridgehead atoms. The fourth-order valence-electron chi connectivity index (χ4n) is 4.34. The second kappa shape index (κ2) is 8.44. The highest BCUT2D eigenvalue weighted by Crippen LogP contribution is 2.38. The third kappa shape index (κ3) is 4.01. The van der Waals surface area contributed by atoms with Gasteiger partial charge in [-0.05, 0) is 67.8 Å². The largest absolute Gasteiger partial charge is 0.494 e. The minimum absolute atomic E-state index is 0.127. The smallest absolute Gasteiger partial charge is 0.154 e. The standard InChI is InChI=1S/C26H25FN2O2/c1-2-30-19-10-8-17(9-11-19)14-23-25-21(12-13-28-23)22-15-18(27)16-24(26(22)29-25)31-20-6-4-3-5-7-20/h3-11,15-16,23,28-29H,2,12-14H2,1H3. The summed E-state index contributed by atoms with van der Waals surface area (Å²) in [5.41, 5.74) is 4.34. The van der Waals surface area contributed by atoms with Crippen LogP contribution >= 0.6 is 0 Å². The van der Waals surface area contributed by atoms with E-state index >= 15 is 0 Å². The Morgan fingerprint density at radius 3 is 2.58 bits per heavy atom. The van der Waals surface area contributed by atoms with Crippen LogP contribution < -0.4 is 14.8 Å². The first kappa shape index (κ1) is 19.6. The van der Waals surface area contributed by atoms with Crippen molar-refractivity contribution in [3.63, 3.8) is 0 Å². The lowest BCUT2D eigenvalue weighted by Crippen LogP contribution is -2.31. The van der Waals surface area contributed by atoms with Crippen LogP contribution in [0.4, 0.5) is 4.39 Å². The van der Waals surface area contributed by atoms with Gasteiger partial charge in [0.2, 0.25) is 0 Å². The van der Waals surface area contributed by atoms with E-state index in [9.17, 15) is 4.39 Å². The number of nitrogens with one attached hydrogen (secondary N) is 2. The van der Waals surface area contributed by atoms with Gasteiger partial charge in [0.1, 0.15) is 17.3 Å². The maximum atomic E-state index is 14.5. The van der Waals surface area contributed by atoms with Gasteiger partial charge in [-0.2, -0.15) is 0 Å². The van der Waals surface area contributed by atoms with Crippen LogP contribution in [0.2, 0.25) is 0 Å². The molecular formula is C26H25FN2O2. The summed E-state index contributed by atoms with van der Waals surface area (Å²) in [5, 5.41) is 4.51. The van der Waals surface area contributed by atoms with Gasteiger partial charge in [-0.25, -0.2) is 4.39 Å². The third-order valence-electron chi connectivity index (χ3n) is 5.74. The van der Waals surface area contributed by atoms with E-state index in [2.05, 4.69) is 22.4 Å². The van der Waals surface area contributed by atoms with E-state index in [0.29, 0.717) is 18.1 Å². The van der Waals surface area contributed by atoms with Crippen molar-refractivity contribution in [3.05, 3.63) is 89.4 Å². The molecule has 1 aromatic heterocycles. The van der Waals surface area contributed by atoms with Gasteiger partial charge in [0.15, 0.2) is 5.75 Å². The van der Waals surface area contributed by atoms with Gasteiger partial charge in [0.05, 0.1) is 18.2 Å². The quantitative estimate of drug-likeness (QED) is 0.410. The molecule has 0 fully saturated rings. The Hall–Kier alpha value is -3.31. The Labute approximate surface area is 181 Å². The van der Waals surface area contributed by atoms with Crippen LogP contribution in [0, 0.1) is 5.82 Å². The SMILES string of the molecule is CCOc1ccc(CC2NCCc3c2[nH]c2c(Oc4ccccc4)cc(F)cc32)cc1. The summed E-state index contributed by atoms with van der Waals surface area (Å²) in [6, 6.07) is 20.9. The summed E-state index contributed by atoms with van der Waals surface area (Å²) in [6.45, 7) is 3.49. The van der Waals surface area contributed by atoms with Gasteiger partial charge < -0.3 is 19.8 Å². The Morgan fingerprint density at radius 2 is 1.81 bits per heavy atom. The van der Waals surface area contributed by atoms with E-state index in [-0.39, 0.29) is 11.9 Å². The molecule has 0 saturated heterocycles. The lowest BCUT2D eigenvalue weighted by molar-refractivity contribution is 0.340. The minimum Gasteiger partial charge on any atom is -0.494 e. The van der Waals surface area contributed by atoms with Gasteiger partial charge in [-0.15, -0.1) is 0 Å². The topological polar surface area (TPSA) is 46.3 Å². The van der Waals surface area contributed by atoms with E-state index in [4.69, 9.17) is 9.47 Å². The van der Waals surface area contributed by atoms with Gasteiger partial charge in [-0.3, -0.25) is 0 Å². The van der Waals surface area contributed by atoms with Gasteiger partial charge in [-0.1, -0.05) is 30.3 Å². The van der Waals surface area contributed by atoms with Crippen LogP contribution in [-0.2, 0) is 12.8 Å². The average molecular weight is 416 g/mol. The molecule has 4 aromatic rings. The molecule has 2 heterocycles. The van der Waals surface area contributed by atoms with Crippen LogP contribution in [0.15, 0.2) is 66.7 Å². The zero-order valence-electron chi connectivity index (χ0n) is 17.5. The molecule has 1 atom stereocenters. The van der Waals surface area contributed by atoms with Gasteiger partial charge in [0, 0.05) is 17.1 Å². The summed E-state index contributed by atoms with van der Waals surface area (Å²) in [4.78, 5) is 3.56. The van der Waals surface area contributed by atoms with Gasteiger partial charge in [0.25, 0.3) is 0 Å². The maximum absolute atomic E-state index is 14.5. The lowest BCUT2D eigenvalue weighted by Gasteiger charge is -2.24. The van der Waals surface area contributed by atoms with Crippen molar-refractivity contribution in [1.29, 1.82) is 0 Å². The van der Waals surface area contributed by atoms with E-state index in [1.54, 1.807) is 6.07 Å². The molecule has 3 aromatic carbocycles. The zero-order valence-corrected chi connectivity index (χ0v) is 17.5. The number of ether oxygens (including phenoxy) is 2. The van der Waals surface area contributed by atoms with E-state index in [1.807, 2.05) is 49.4 Å². The molecule has 31 heavy (non-hydrogen) atoms. The normalized spacial score (nSPS) is 15.6. The second-order valence-corrected chi connectivity index (χ2v) is 7.80. The number of aromatic nitrogens is 1. The van der Waals surface area contributed by atoms with Crippen LogP contribution in [0.5, 0.6) is 17.2 Å². The summed E-state index contributed by atoms with van der Waals surface area (Å²) >= 11 is 0. The number of fused-ring (bicyclic) bond motifs is 3. The Bertz CT molecular complexity index is 1190. The Morgan fingerprint density at radius 1 is 1.00 bits per heavy atom. The number of para-hydroxylation sites is 1. The number of hydrogen-bond donors (Lipinski definition) is 2. The van der Waals surface area contributed by atoms with Crippen LogP contribution in [0.1, 0.15) is 29.8 Å². The molecule has 0 radical (unpaired) electrons. The first-order valence-electron chi connectivity index (χ1n) is 10.7. The molecule has 0 aliphatic carbocycles. The number of rotatable bonds is 6. The zero-order chi connectivity index (χ0) is 21.2. The second-order valence-electron chi connectivity index (χ2n) is 7.80. The highest BCUT2D eigenvalue weighted by Gasteiger charge is 2.26. The number of benzene rings is 3. The molecule has 5 heteroatoms.